The van der Waals surface area contributed by atoms with Crippen LogP contribution in [0.4, 0.5) is 5.88 Å². The molecule has 2 heterocycles. The van der Waals surface area contributed by atoms with Gasteiger partial charge in [-0.25, -0.2) is 4.98 Å². The molecule has 2 aliphatic rings. The first kappa shape index (κ1) is 18.0. The Balaban J connectivity index is 1.48. The van der Waals surface area contributed by atoms with Crippen LogP contribution in [0, 0.1) is 5.92 Å². The Morgan fingerprint density at radius 2 is 2.11 bits per heavy atom. The van der Waals surface area contributed by atoms with Crippen molar-refractivity contribution < 1.29 is 19.2 Å². The molecule has 0 atom stereocenters. The van der Waals surface area contributed by atoms with E-state index in [1.165, 1.54) is 12.8 Å². The van der Waals surface area contributed by atoms with Crippen LogP contribution >= 0.6 is 0 Å². The highest BCUT2D eigenvalue weighted by molar-refractivity contribution is 6.02. The SMILES string of the molecule is CC(C)(CO)c1cc(NC(=O)c2ccc(C3CC3)c(OCC3CC3)n2)on1. The molecular formula is C20H25N3O4. The van der Waals surface area contributed by atoms with Crippen molar-refractivity contribution in [1.29, 1.82) is 0 Å². The Morgan fingerprint density at radius 1 is 1.33 bits per heavy atom. The van der Waals surface area contributed by atoms with E-state index >= 15 is 0 Å². The average Bonchev–Trinajstić information content (AvgIpc) is 3.59. The minimum Gasteiger partial charge on any atom is -0.477 e. The number of aliphatic hydroxyl groups excluding tert-OH is 1. The summed E-state index contributed by atoms with van der Waals surface area (Å²) in [6.07, 6.45) is 4.71. The maximum atomic E-state index is 12.6. The van der Waals surface area contributed by atoms with Gasteiger partial charge in [0.2, 0.25) is 11.8 Å². The molecular weight excluding hydrogens is 346 g/mol. The van der Waals surface area contributed by atoms with Crippen LogP contribution < -0.4 is 10.1 Å². The Bertz CT molecular complexity index is 838. The second kappa shape index (κ2) is 6.96. The molecule has 7 nitrogen and oxygen atoms in total. The topological polar surface area (TPSA) is 97.5 Å². The number of hydrogen-bond donors (Lipinski definition) is 2. The molecule has 4 rings (SSSR count). The van der Waals surface area contributed by atoms with Crippen molar-refractivity contribution in [3.63, 3.8) is 0 Å². The Hall–Kier alpha value is -2.41. The van der Waals surface area contributed by atoms with Gasteiger partial charge in [0.25, 0.3) is 5.91 Å². The minimum absolute atomic E-state index is 0.0706. The number of amides is 1. The number of anilines is 1. The van der Waals surface area contributed by atoms with Gasteiger partial charge in [0, 0.05) is 17.0 Å². The lowest BCUT2D eigenvalue weighted by atomic mass is 9.91. The minimum atomic E-state index is -0.541. The van der Waals surface area contributed by atoms with Gasteiger partial charge in [-0.1, -0.05) is 25.1 Å². The zero-order valence-electron chi connectivity index (χ0n) is 15.7. The van der Waals surface area contributed by atoms with Crippen molar-refractivity contribution >= 4 is 11.8 Å². The molecule has 0 aliphatic heterocycles. The Labute approximate surface area is 158 Å². The predicted octanol–water partition coefficient (Wildman–Crippen LogP) is 3.26. The monoisotopic (exact) mass is 371 g/mol. The van der Waals surface area contributed by atoms with E-state index in [9.17, 15) is 9.90 Å². The molecule has 2 aromatic heterocycles. The number of ether oxygens (including phenoxy) is 1. The fourth-order valence-electron chi connectivity index (χ4n) is 2.79. The second-order valence-electron chi connectivity index (χ2n) is 8.19. The number of aliphatic hydroxyl groups is 1. The number of pyridine rings is 1. The van der Waals surface area contributed by atoms with Crippen molar-refractivity contribution in [3.05, 3.63) is 35.2 Å². The van der Waals surface area contributed by atoms with Gasteiger partial charge < -0.3 is 14.4 Å². The summed E-state index contributed by atoms with van der Waals surface area (Å²) in [5.74, 6) is 1.56. The molecule has 144 valence electrons. The van der Waals surface area contributed by atoms with Crippen molar-refractivity contribution in [3.8, 4) is 5.88 Å². The number of aromatic nitrogens is 2. The predicted molar refractivity (Wildman–Crippen MR) is 99.0 cm³/mol. The molecule has 2 aliphatic carbocycles. The van der Waals surface area contributed by atoms with E-state index in [-0.39, 0.29) is 24.1 Å². The van der Waals surface area contributed by atoms with E-state index in [1.54, 1.807) is 12.1 Å². The fourth-order valence-corrected chi connectivity index (χ4v) is 2.79. The first-order valence-electron chi connectivity index (χ1n) is 9.49. The van der Waals surface area contributed by atoms with Gasteiger partial charge in [-0.3, -0.25) is 10.1 Å². The molecule has 2 saturated carbocycles. The number of hydrogen-bond acceptors (Lipinski definition) is 6. The summed E-state index contributed by atoms with van der Waals surface area (Å²) in [5.41, 5.74) is 1.41. The molecule has 2 aromatic rings. The van der Waals surface area contributed by atoms with Gasteiger partial charge in [-0.2, -0.15) is 0 Å². The molecule has 27 heavy (non-hydrogen) atoms. The lowest BCUT2D eigenvalue weighted by Gasteiger charge is -2.16. The second-order valence-corrected chi connectivity index (χ2v) is 8.19. The highest BCUT2D eigenvalue weighted by Gasteiger charge is 2.30. The molecule has 0 radical (unpaired) electrons. The summed E-state index contributed by atoms with van der Waals surface area (Å²) >= 11 is 0. The zero-order valence-corrected chi connectivity index (χ0v) is 15.7. The van der Waals surface area contributed by atoms with Crippen LogP contribution in [0.2, 0.25) is 0 Å². The van der Waals surface area contributed by atoms with Crippen LogP contribution in [-0.2, 0) is 5.41 Å². The first-order valence-corrected chi connectivity index (χ1v) is 9.49. The first-order chi connectivity index (χ1) is 13.0. The van der Waals surface area contributed by atoms with Gasteiger partial charge in [-0.05, 0) is 43.6 Å². The molecule has 1 amide bonds. The van der Waals surface area contributed by atoms with E-state index in [4.69, 9.17) is 9.26 Å². The maximum absolute atomic E-state index is 12.6. The average molecular weight is 371 g/mol. The molecule has 0 bridgehead atoms. The molecule has 7 heteroatoms. The molecule has 0 spiro atoms. The van der Waals surface area contributed by atoms with Gasteiger partial charge in [-0.15, -0.1) is 0 Å². The van der Waals surface area contributed by atoms with Crippen molar-refractivity contribution in [2.75, 3.05) is 18.5 Å². The highest BCUT2D eigenvalue weighted by Crippen LogP contribution is 2.44. The molecule has 0 aromatic carbocycles. The van der Waals surface area contributed by atoms with Crippen LogP contribution in [0.15, 0.2) is 22.7 Å². The number of nitrogens with zero attached hydrogens (tertiary/aromatic N) is 2. The molecule has 2 fully saturated rings. The summed E-state index contributed by atoms with van der Waals surface area (Å²) in [5, 5.41) is 16.0. The van der Waals surface area contributed by atoms with Crippen LogP contribution in [0.25, 0.3) is 0 Å². The summed E-state index contributed by atoms with van der Waals surface area (Å²) in [7, 11) is 0. The van der Waals surface area contributed by atoms with Crippen molar-refractivity contribution in [1.82, 2.24) is 10.1 Å². The van der Waals surface area contributed by atoms with E-state index < -0.39 is 5.41 Å². The Morgan fingerprint density at radius 3 is 2.78 bits per heavy atom. The smallest absolute Gasteiger partial charge is 0.276 e. The summed E-state index contributed by atoms with van der Waals surface area (Å²) in [6.45, 7) is 4.29. The third kappa shape index (κ3) is 4.13. The van der Waals surface area contributed by atoms with Crippen LogP contribution in [0.5, 0.6) is 5.88 Å². The van der Waals surface area contributed by atoms with Gasteiger partial charge in [0.1, 0.15) is 5.69 Å². The standard InChI is InChI=1S/C20H25N3O4/c1-20(2,11-24)16-9-17(27-23-16)22-18(25)15-8-7-14(13-5-6-13)19(21-15)26-10-12-3-4-12/h7-9,12-13,24H,3-6,10-11H2,1-2H3,(H,22,25). The van der Waals surface area contributed by atoms with E-state index in [2.05, 4.69) is 15.5 Å². The van der Waals surface area contributed by atoms with Gasteiger partial charge >= 0.3 is 0 Å². The number of nitrogens with one attached hydrogen (secondary N) is 1. The summed E-state index contributed by atoms with van der Waals surface area (Å²) in [6, 6.07) is 5.29. The lowest BCUT2D eigenvalue weighted by molar-refractivity contribution is 0.101. The third-order valence-corrected chi connectivity index (χ3v) is 5.13. The largest absolute Gasteiger partial charge is 0.477 e. The maximum Gasteiger partial charge on any atom is 0.276 e. The molecule has 2 N–H and O–H groups in total. The Kier molecular flexibility index (Phi) is 4.63. The fraction of sp³-hybridized carbons (Fsp3) is 0.550. The van der Waals surface area contributed by atoms with Crippen molar-refractivity contribution in [2.24, 2.45) is 5.92 Å². The van der Waals surface area contributed by atoms with Crippen molar-refractivity contribution in [2.45, 2.75) is 50.9 Å². The number of rotatable bonds is 8. The van der Waals surface area contributed by atoms with Crippen LogP contribution in [0.3, 0.4) is 0 Å². The molecule has 0 saturated heterocycles. The third-order valence-electron chi connectivity index (χ3n) is 5.13. The van der Waals surface area contributed by atoms with Gasteiger partial charge in [0.05, 0.1) is 18.9 Å². The van der Waals surface area contributed by atoms with E-state index in [0.29, 0.717) is 30.0 Å². The van der Waals surface area contributed by atoms with E-state index in [0.717, 1.165) is 18.4 Å². The highest BCUT2D eigenvalue weighted by atomic mass is 16.5. The quantitative estimate of drug-likeness (QED) is 0.739. The van der Waals surface area contributed by atoms with Crippen LogP contribution in [0.1, 0.15) is 67.2 Å². The normalized spacial score (nSPS) is 17.0. The van der Waals surface area contributed by atoms with E-state index in [1.807, 2.05) is 19.9 Å². The summed E-state index contributed by atoms with van der Waals surface area (Å²) < 4.78 is 11.1. The zero-order chi connectivity index (χ0) is 19.0. The lowest BCUT2D eigenvalue weighted by Crippen LogP contribution is -2.22. The molecule has 0 unspecified atom stereocenters. The number of carbonyl (C=O) groups excluding carboxylic acids is 1. The van der Waals surface area contributed by atoms with Gasteiger partial charge in [0.15, 0.2) is 0 Å². The summed E-state index contributed by atoms with van der Waals surface area (Å²) in [4.78, 5) is 17.0. The van der Waals surface area contributed by atoms with Crippen LogP contribution in [-0.4, -0.2) is 34.4 Å². The number of carbonyl (C=O) groups is 1.